The molecule has 2 aromatic heterocycles. The van der Waals surface area contributed by atoms with Crippen LogP contribution < -0.4 is 10.3 Å². The Balaban J connectivity index is 2.17. The number of ether oxygens (including phenoxy) is 1. The second kappa shape index (κ2) is 7.62. The van der Waals surface area contributed by atoms with Crippen molar-refractivity contribution in [1.82, 2.24) is 14.8 Å². The molecule has 3 rings (SSSR count). The zero-order valence-corrected chi connectivity index (χ0v) is 16.8. The molecule has 136 valence electrons. The highest BCUT2D eigenvalue weighted by Gasteiger charge is 2.24. The number of benzene rings is 1. The first-order valence-electron chi connectivity index (χ1n) is 6.96. The summed E-state index contributed by atoms with van der Waals surface area (Å²) in [6.45, 7) is 0.0946. The molecule has 2 heterocycles. The number of hydrogen-bond acceptors (Lipinski definition) is 6. The Kier molecular flexibility index (Phi) is 5.64. The maximum absolute atomic E-state index is 12.5. The minimum atomic E-state index is -0.609. The van der Waals surface area contributed by atoms with Crippen LogP contribution in [0.2, 0.25) is 19.7 Å². The van der Waals surface area contributed by atoms with E-state index in [1.807, 2.05) is 0 Å². The van der Waals surface area contributed by atoms with Crippen LogP contribution in [0.15, 0.2) is 23.1 Å². The Hall–Kier alpha value is -1.51. The summed E-state index contributed by atoms with van der Waals surface area (Å²) in [7, 11) is 1.40. The summed E-state index contributed by atoms with van der Waals surface area (Å²) in [4.78, 5) is 17.2. The molecule has 0 aliphatic rings. The van der Waals surface area contributed by atoms with Crippen molar-refractivity contribution in [3.05, 3.63) is 53.2 Å². The molecule has 1 N–H and O–H groups in total. The van der Waals surface area contributed by atoms with E-state index in [1.54, 1.807) is 6.20 Å². The quantitative estimate of drug-likeness (QED) is 0.614. The Morgan fingerprint density at radius 3 is 2.54 bits per heavy atom. The molecule has 0 amide bonds. The molecule has 0 aliphatic carbocycles. The molecule has 0 bridgehead atoms. The van der Waals surface area contributed by atoms with Gasteiger partial charge < -0.3 is 9.84 Å². The zero-order chi connectivity index (χ0) is 19.0. The van der Waals surface area contributed by atoms with E-state index in [2.05, 4.69) is 10.1 Å². The second-order valence-corrected chi connectivity index (χ2v) is 7.91. The Labute approximate surface area is 171 Å². The van der Waals surface area contributed by atoms with Gasteiger partial charge in [-0.15, -0.1) is 11.3 Å². The fourth-order valence-electron chi connectivity index (χ4n) is 2.22. The Morgan fingerprint density at radius 1 is 1.19 bits per heavy atom. The number of aryl methyl sites for hydroxylation is 1. The first-order valence-corrected chi connectivity index (χ1v) is 9.29. The van der Waals surface area contributed by atoms with Crippen LogP contribution in [0, 0.1) is 0 Å². The van der Waals surface area contributed by atoms with Crippen LogP contribution in [-0.4, -0.2) is 19.9 Å². The number of thiazole rings is 1. The molecule has 0 atom stereocenters. The number of aromatic hydroxyl groups is 1. The molecule has 0 spiro atoms. The molecular weight excluding hydrogens is 444 g/mol. The standard InChI is InChI=1S/C15H9Cl4N3O3S/c1-22-14(24)10(11(23)13(18)21-22)9-7(16)2-3-8(17)12(9)25-5-6-4-20-15(19)26-6/h2-4,23H,5H2,1H3. The Morgan fingerprint density at radius 2 is 1.88 bits per heavy atom. The normalized spacial score (nSPS) is 11.0. The maximum atomic E-state index is 12.5. The first kappa shape index (κ1) is 19.3. The van der Waals surface area contributed by atoms with E-state index in [4.69, 9.17) is 51.1 Å². The van der Waals surface area contributed by atoms with Gasteiger partial charge in [-0.05, 0) is 12.1 Å². The molecule has 1 aromatic carbocycles. The number of halogens is 4. The monoisotopic (exact) mass is 451 g/mol. The summed E-state index contributed by atoms with van der Waals surface area (Å²) < 4.78 is 7.12. The van der Waals surface area contributed by atoms with Gasteiger partial charge in [0, 0.05) is 13.2 Å². The van der Waals surface area contributed by atoms with Crippen molar-refractivity contribution in [3.63, 3.8) is 0 Å². The molecule has 6 nitrogen and oxygen atoms in total. The third-order valence-corrected chi connectivity index (χ3v) is 5.33. The van der Waals surface area contributed by atoms with Gasteiger partial charge in [-0.3, -0.25) is 4.79 Å². The average molecular weight is 453 g/mol. The van der Waals surface area contributed by atoms with E-state index < -0.39 is 11.3 Å². The zero-order valence-electron chi connectivity index (χ0n) is 13.0. The predicted octanol–water partition coefficient (Wildman–Crippen LogP) is 4.80. The summed E-state index contributed by atoms with van der Waals surface area (Å²) in [5.74, 6) is -0.386. The van der Waals surface area contributed by atoms with Gasteiger partial charge in [0.25, 0.3) is 5.56 Å². The molecule has 0 fully saturated rings. The molecule has 0 unspecified atom stereocenters. The van der Waals surface area contributed by atoms with Crippen molar-refractivity contribution < 1.29 is 9.84 Å². The molecular formula is C15H9Cl4N3O3S. The minimum Gasteiger partial charge on any atom is -0.504 e. The third-order valence-electron chi connectivity index (χ3n) is 3.37. The molecule has 3 aromatic rings. The number of nitrogens with zero attached hydrogens (tertiary/aromatic N) is 3. The molecule has 0 saturated heterocycles. The van der Waals surface area contributed by atoms with E-state index in [9.17, 15) is 9.90 Å². The van der Waals surface area contributed by atoms with Crippen molar-refractivity contribution in [3.8, 4) is 22.6 Å². The highest BCUT2D eigenvalue weighted by molar-refractivity contribution is 7.15. The third kappa shape index (κ3) is 3.63. The fraction of sp³-hybridized carbons (Fsp3) is 0.133. The topological polar surface area (TPSA) is 77.2 Å². The van der Waals surface area contributed by atoms with Gasteiger partial charge in [0.05, 0.1) is 26.0 Å². The van der Waals surface area contributed by atoms with Crippen LogP contribution in [0.1, 0.15) is 4.88 Å². The number of hydrogen-bond donors (Lipinski definition) is 1. The largest absolute Gasteiger partial charge is 0.504 e. The van der Waals surface area contributed by atoms with Crippen molar-refractivity contribution >= 4 is 57.7 Å². The van der Waals surface area contributed by atoms with Crippen molar-refractivity contribution in [2.75, 3.05) is 0 Å². The van der Waals surface area contributed by atoms with E-state index in [0.29, 0.717) is 4.47 Å². The van der Waals surface area contributed by atoms with Gasteiger partial charge in [0.2, 0.25) is 0 Å². The van der Waals surface area contributed by atoms with Gasteiger partial charge in [0.1, 0.15) is 12.4 Å². The summed E-state index contributed by atoms with van der Waals surface area (Å²) in [6, 6.07) is 3.01. The molecule has 11 heteroatoms. The van der Waals surface area contributed by atoms with Crippen molar-refractivity contribution in [2.24, 2.45) is 7.05 Å². The smallest absolute Gasteiger partial charge is 0.278 e. The van der Waals surface area contributed by atoms with E-state index in [-0.39, 0.29) is 38.7 Å². The van der Waals surface area contributed by atoms with E-state index in [1.165, 1.54) is 30.5 Å². The highest BCUT2D eigenvalue weighted by Crippen LogP contribution is 2.44. The van der Waals surface area contributed by atoms with Gasteiger partial charge in [0.15, 0.2) is 15.4 Å². The van der Waals surface area contributed by atoms with Crippen LogP contribution in [0.4, 0.5) is 0 Å². The summed E-state index contributed by atoms with van der Waals surface area (Å²) >= 11 is 25.5. The SMILES string of the molecule is Cn1nc(Cl)c(O)c(-c2c(Cl)ccc(Cl)c2OCc2cnc(Cl)s2)c1=O. The lowest BCUT2D eigenvalue weighted by molar-refractivity contribution is 0.311. The van der Waals surface area contributed by atoms with E-state index >= 15 is 0 Å². The van der Waals surface area contributed by atoms with Crippen LogP contribution in [0.5, 0.6) is 11.5 Å². The second-order valence-electron chi connectivity index (χ2n) is 5.04. The van der Waals surface area contributed by atoms with Gasteiger partial charge in [-0.1, -0.05) is 46.4 Å². The molecule has 0 saturated carbocycles. The minimum absolute atomic E-state index is 0.0946. The lowest BCUT2D eigenvalue weighted by Crippen LogP contribution is -2.22. The highest BCUT2D eigenvalue weighted by atomic mass is 35.5. The lowest BCUT2D eigenvalue weighted by atomic mass is 10.1. The Bertz CT molecular complexity index is 1050. The number of aromatic nitrogens is 3. The predicted molar refractivity (Wildman–Crippen MR) is 103 cm³/mol. The van der Waals surface area contributed by atoms with Crippen LogP contribution in [-0.2, 0) is 13.7 Å². The van der Waals surface area contributed by atoms with Crippen molar-refractivity contribution in [1.29, 1.82) is 0 Å². The van der Waals surface area contributed by atoms with Crippen molar-refractivity contribution in [2.45, 2.75) is 6.61 Å². The summed E-state index contributed by atoms with van der Waals surface area (Å²) in [5.41, 5.74) is -0.642. The fourth-order valence-corrected chi connectivity index (χ4v) is 3.77. The first-order chi connectivity index (χ1) is 12.3. The van der Waals surface area contributed by atoms with Crippen LogP contribution in [0.3, 0.4) is 0 Å². The summed E-state index contributed by atoms with van der Waals surface area (Å²) in [5, 5.41) is 14.1. The number of rotatable bonds is 4. The van der Waals surface area contributed by atoms with Gasteiger partial charge in [-0.2, -0.15) is 5.10 Å². The average Bonchev–Trinajstić information content (AvgIpc) is 3.01. The summed E-state index contributed by atoms with van der Waals surface area (Å²) in [6.07, 6.45) is 1.56. The van der Waals surface area contributed by atoms with E-state index in [0.717, 1.165) is 9.56 Å². The van der Waals surface area contributed by atoms with Gasteiger partial charge >= 0.3 is 0 Å². The maximum Gasteiger partial charge on any atom is 0.278 e. The lowest BCUT2D eigenvalue weighted by Gasteiger charge is -2.15. The van der Waals surface area contributed by atoms with Gasteiger partial charge in [-0.25, -0.2) is 9.67 Å². The molecule has 0 aliphatic heterocycles. The molecule has 0 radical (unpaired) electrons. The van der Waals surface area contributed by atoms with Crippen LogP contribution in [0.25, 0.3) is 11.1 Å². The van der Waals surface area contributed by atoms with Crippen LogP contribution >= 0.6 is 57.7 Å². The molecule has 26 heavy (non-hydrogen) atoms.